The normalized spacial score (nSPS) is 16.1. The van der Waals surface area contributed by atoms with Gasteiger partial charge in [-0.1, -0.05) is 35.5 Å². The molecule has 0 N–H and O–H groups in total. The Hall–Kier alpha value is -2.21. The summed E-state index contributed by atoms with van der Waals surface area (Å²) in [5, 5.41) is 7.35. The van der Waals surface area contributed by atoms with Gasteiger partial charge in [-0.3, -0.25) is 9.69 Å². The van der Waals surface area contributed by atoms with Crippen molar-refractivity contribution in [3.05, 3.63) is 47.3 Å². The van der Waals surface area contributed by atoms with Crippen LogP contribution < -0.4 is 0 Å². The zero-order valence-electron chi connectivity index (χ0n) is 12.0. The molecule has 1 aliphatic rings. The molecule has 110 valence electrons. The van der Waals surface area contributed by atoms with Gasteiger partial charge in [0, 0.05) is 32.7 Å². The van der Waals surface area contributed by atoms with E-state index in [-0.39, 0.29) is 5.91 Å². The van der Waals surface area contributed by atoms with Crippen molar-refractivity contribution in [2.75, 3.05) is 26.2 Å². The molecule has 1 saturated heterocycles. The molecule has 0 unspecified atom stereocenters. The number of amides is 1. The van der Waals surface area contributed by atoms with Crippen LogP contribution in [0.15, 0.2) is 35.0 Å². The van der Waals surface area contributed by atoms with E-state index < -0.39 is 0 Å². The van der Waals surface area contributed by atoms with Crippen LogP contribution in [-0.4, -0.2) is 52.2 Å². The first kappa shape index (κ1) is 13.8. The van der Waals surface area contributed by atoms with E-state index in [0.717, 1.165) is 19.6 Å². The Kier molecular flexibility index (Phi) is 3.96. The molecule has 3 rings (SSSR count). The van der Waals surface area contributed by atoms with Crippen molar-refractivity contribution < 1.29 is 9.42 Å². The van der Waals surface area contributed by atoms with Gasteiger partial charge >= 0.3 is 0 Å². The minimum absolute atomic E-state index is 0.0897. The van der Waals surface area contributed by atoms with Crippen molar-refractivity contribution in [2.45, 2.75) is 13.5 Å². The Morgan fingerprint density at radius 2 is 1.86 bits per heavy atom. The van der Waals surface area contributed by atoms with E-state index in [1.54, 1.807) is 6.92 Å². The molecular weight excluding hydrogens is 268 g/mol. The quantitative estimate of drug-likeness (QED) is 0.852. The van der Waals surface area contributed by atoms with Gasteiger partial charge in [0.15, 0.2) is 5.69 Å². The van der Waals surface area contributed by atoms with E-state index in [1.165, 1.54) is 5.56 Å². The highest BCUT2D eigenvalue weighted by atomic mass is 16.6. The van der Waals surface area contributed by atoms with Crippen LogP contribution in [0.5, 0.6) is 0 Å². The third kappa shape index (κ3) is 3.11. The Bertz CT molecular complexity index is 603. The summed E-state index contributed by atoms with van der Waals surface area (Å²) in [6.07, 6.45) is 0. The van der Waals surface area contributed by atoms with Crippen molar-refractivity contribution in [3.8, 4) is 0 Å². The summed E-state index contributed by atoms with van der Waals surface area (Å²) in [4.78, 5) is 16.5. The zero-order chi connectivity index (χ0) is 14.7. The Balaban J connectivity index is 1.56. The largest absolute Gasteiger partial charge is 0.335 e. The lowest BCUT2D eigenvalue weighted by atomic mass is 10.2. The van der Waals surface area contributed by atoms with Crippen LogP contribution in [0.3, 0.4) is 0 Å². The van der Waals surface area contributed by atoms with Crippen LogP contribution in [0.1, 0.15) is 21.7 Å². The van der Waals surface area contributed by atoms with Crippen molar-refractivity contribution >= 4 is 5.91 Å². The molecule has 0 aliphatic carbocycles. The molecule has 2 heterocycles. The van der Waals surface area contributed by atoms with Gasteiger partial charge in [0.05, 0.1) is 0 Å². The molecule has 6 nitrogen and oxygen atoms in total. The number of aromatic nitrogens is 2. The molecule has 0 bridgehead atoms. The maximum Gasteiger partial charge on any atom is 0.278 e. The fraction of sp³-hybridized carbons (Fsp3) is 0.400. The fourth-order valence-corrected chi connectivity index (χ4v) is 2.53. The van der Waals surface area contributed by atoms with Gasteiger partial charge in [0.25, 0.3) is 5.91 Å². The van der Waals surface area contributed by atoms with E-state index >= 15 is 0 Å². The Morgan fingerprint density at radius 3 is 2.48 bits per heavy atom. The number of hydrogen-bond acceptors (Lipinski definition) is 5. The molecule has 2 aromatic rings. The lowest BCUT2D eigenvalue weighted by Crippen LogP contribution is -2.48. The molecule has 1 aliphatic heterocycles. The third-order valence-electron chi connectivity index (χ3n) is 3.76. The highest BCUT2D eigenvalue weighted by Gasteiger charge is 2.25. The summed E-state index contributed by atoms with van der Waals surface area (Å²) in [6.45, 7) is 5.80. The number of rotatable bonds is 3. The van der Waals surface area contributed by atoms with Crippen molar-refractivity contribution in [2.24, 2.45) is 0 Å². The molecule has 1 aromatic heterocycles. The highest BCUT2D eigenvalue weighted by molar-refractivity contribution is 5.93. The first-order valence-corrected chi connectivity index (χ1v) is 7.09. The number of carbonyl (C=O) groups is 1. The minimum atomic E-state index is -0.0897. The van der Waals surface area contributed by atoms with Gasteiger partial charge in [-0.25, -0.2) is 4.63 Å². The van der Waals surface area contributed by atoms with Crippen molar-refractivity contribution in [1.82, 2.24) is 20.1 Å². The van der Waals surface area contributed by atoms with Crippen LogP contribution in [0.25, 0.3) is 0 Å². The summed E-state index contributed by atoms with van der Waals surface area (Å²) >= 11 is 0. The fourth-order valence-electron chi connectivity index (χ4n) is 2.53. The molecule has 0 atom stereocenters. The third-order valence-corrected chi connectivity index (χ3v) is 3.76. The number of hydrogen-bond donors (Lipinski definition) is 0. The Labute approximate surface area is 123 Å². The van der Waals surface area contributed by atoms with E-state index in [4.69, 9.17) is 0 Å². The average molecular weight is 286 g/mol. The molecule has 6 heteroatoms. The lowest BCUT2D eigenvalue weighted by Gasteiger charge is -2.34. The van der Waals surface area contributed by atoms with E-state index in [2.05, 4.69) is 44.1 Å². The first-order chi connectivity index (χ1) is 10.2. The highest BCUT2D eigenvalue weighted by Crippen LogP contribution is 2.11. The number of nitrogens with zero attached hydrogens (tertiary/aromatic N) is 4. The number of benzene rings is 1. The molecule has 21 heavy (non-hydrogen) atoms. The second-order valence-electron chi connectivity index (χ2n) is 5.25. The number of piperazine rings is 1. The van der Waals surface area contributed by atoms with Gasteiger partial charge < -0.3 is 4.90 Å². The smallest absolute Gasteiger partial charge is 0.278 e. The number of carbonyl (C=O) groups excluding carboxylic acids is 1. The minimum Gasteiger partial charge on any atom is -0.335 e. The second kappa shape index (κ2) is 6.05. The van der Waals surface area contributed by atoms with Crippen molar-refractivity contribution in [1.29, 1.82) is 0 Å². The van der Waals surface area contributed by atoms with E-state index in [0.29, 0.717) is 24.5 Å². The molecule has 0 spiro atoms. The van der Waals surface area contributed by atoms with Crippen molar-refractivity contribution in [3.63, 3.8) is 0 Å². The first-order valence-electron chi connectivity index (χ1n) is 7.09. The summed E-state index contributed by atoms with van der Waals surface area (Å²) in [7, 11) is 0. The molecule has 0 radical (unpaired) electrons. The standard InChI is InChI=1S/C15H18N4O2/c1-12-14(17-21-16-12)15(20)19-9-7-18(8-10-19)11-13-5-3-2-4-6-13/h2-6H,7-11H2,1H3. The molecule has 1 amide bonds. The second-order valence-corrected chi connectivity index (χ2v) is 5.25. The molecule has 1 fully saturated rings. The monoisotopic (exact) mass is 286 g/mol. The summed E-state index contributed by atoms with van der Waals surface area (Å²) < 4.78 is 4.60. The van der Waals surface area contributed by atoms with E-state index in [9.17, 15) is 4.79 Å². The summed E-state index contributed by atoms with van der Waals surface area (Å²) in [6, 6.07) is 10.4. The topological polar surface area (TPSA) is 62.5 Å². The van der Waals surface area contributed by atoms with E-state index in [1.807, 2.05) is 11.0 Å². The zero-order valence-corrected chi connectivity index (χ0v) is 12.0. The van der Waals surface area contributed by atoms with Crippen LogP contribution in [0.4, 0.5) is 0 Å². The molecule has 0 saturated carbocycles. The average Bonchev–Trinajstić information content (AvgIpc) is 2.94. The van der Waals surface area contributed by atoms with Crippen LogP contribution >= 0.6 is 0 Å². The number of aryl methyl sites for hydroxylation is 1. The summed E-state index contributed by atoms with van der Waals surface area (Å²) in [5.74, 6) is -0.0897. The predicted molar refractivity (Wildman–Crippen MR) is 76.7 cm³/mol. The van der Waals surface area contributed by atoms with Gasteiger partial charge in [0.2, 0.25) is 0 Å². The van der Waals surface area contributed by atoms with Crippen LogP contribution in [0, 0.1) is 6.92 Å². The SMILES string of the molecule is Cc1nonc1C(=O)N1CCN(Cc2ccccc2)CC1. The van der Waals surface area contributed by atoms with Gasteiger partial charge in [0.1, 0.15) is 5.69 Å². The lowest BCUT2D eigenvalue weighted by molar-refractivity contribution is 0.0617. The van der Waals surface area contributed by atoms with Gasteiger partial charge in [-0.2, -0.15) is 0 Å². The Morgan fingerprint density at radius 1 is 1.14 bits per heavy atom. The maximum atomic E-state index is 12.3. The van der Waals surface area contributed by atoms with Gasteiger partial charge in [-0.15, -0.1) is 0 Å². The predicted octanol–water partition coefficient (Wildman–Crippen LogP) is 1.34. The molecular formula is C15H18N4O2. The molecule has 1 aromatic carbocycles. The summed E-state index contributed by atoms with van der Waals surface area (Å²) in [5.41, 5.74) is 2.17. The van der Waals surface area contributed by atoms with Crippen LogP contribution in [-0.2, 0) is 6.54 Å². The van der Waals surface area contributed by atoms with Gasteiger partial charge in [-0.05, 0) is 17.6 Å². The maximum absolute atomic E-state index is 12.3. The van der Waals surface area contributed by atoms with Crippen LogP contribution in [0.2, 0.25) is 0 Å².